The molecular weight excluding hydrogens is 548 g/mol. The van der Waals surface area contributed by atoms with Gasteiger partial charge in [0.05, 0.1) is 112 Å². The number of ether oxygens (including phenoxy) is 9. The van der Waals surface area contributed by atoms with E-state index in [1.807, 2.05) is 0 Å². The molecule has 0 aromatic rings. The molecule has 0 aromatic heterocycles. The smallest absolute Gasteiger partial charge is 0.0701 e. The lowest BCUT2D eigenvalue weighted by molar-refractivity contribution is -0.0248. The van der Waals surface area contributed by atoms with Gasteiger partial charge in [0.15, 0.2) is 0 Å². The Morgan fingerprint density at radius 2 is 0.571 bits per heavy atom. The van der Waals surface area contributed by atoms with Crippen molar-refractivity contribution in [2.45, 2.75) is 25.7 Å². The van der Waals surface area contributed by atoms with E-state index in [-0.39, 0.29) is 0 Å². The van der Waals surface area contributed by atoms with Crippen molar-refractivity contribution in [3.63, 3.8) is 0 Å². The zero-order chi connectivity index (χ0) is 25.3. The van der Waals surface area contributed by atoms with Gasteiger partial charge in [-0.3, -0.25) is 0 Å². The SMILES string of the molecule is ClCCCCCCOCCOCCOCCOCCOCCOCCOCCOCCOCCBr. The second kappa shape index (κ2) is 34.4. The first-order valence-electron chi connectivity index (χ1n) is 12.7. The second-order valence-electron chi connectivity index (χ2n) is 7.30. The second-order valence-corrected chi connectivity index (χ2v) is 8.47. The van der Waals surface area contributed by atoms with Crippen LogP contribution in [0.3, 0.4) is 0 Å². The third-order valence-electron chi connectivity index (χ3n) is 4.37. The van der Waals surface area contributed by atoms with Crippen LogP contribution in [0.4, 0.5) is 0 Å². The van der Waals surface area contributed by atoms with Gasteiger partial charge < -0.3 is 42.6 Å². The summed E-state index contributed by atoms with van der Waals surface area (Å²) < 4.78 is 48.9. The van der Waals surface area contributed by atoms with Crippen LogP contribution in [0.25, 0.3) is 0 Å². The van der Waals surface area contributed by atoms with Gasteiger partial charge in [0.25, 0.3) is 0 Å². The molecule has 35 heavy (non-hydrogen) atoms. The Bertz CT molecular complexity index is 342. The Hall–Kier alpha value is 0.410. The van der Waals surface area contributed by atoms with Crippen molar-refractivity contribution in [2.75, 3.05) is 130 Å². The highest BCUT2D eigenvalue weighted by molar-refractivity contribution is 9.09. The van der Waals surface area contributed by atoms with E-state index < -0.39 is 0 Å². The van der Waals surface area contributed by atoms with Crippen molar-refractivity contribution >= 4 is 27.5 Å². The van der Waals surface area contributed by atoms with Crippen molar-refractivity contribution in [3.05, 3.63) is 0 Å². The highest BCUT2D eigenvalue weighted by Crippen LogP contribution is 2.01. The van der Waals surface area contributed by atoms with E-state index in [9.17, 15) is 0 Å². The fourth-order valence-electron chi connectivity index (χ4n) is 2.57. The van der Waals surface area contributed by atoms with E-state index in [1.165, 1.54) is 12.8 Å². The Kier molecular flexibility index (Phi) is 34.8. The Labute approximate surface area is 225 Å². The summed E-state index contributed by atoms with van der Waals surface area (Å²) in [5, 5.41) is 0.843. The lowest BCUT2D eigenvalue weighted by Crippen LogP contribution is -2.15. The van der Waals surface area contributed by atoms with Crippen molar-refractivity contribution in [1.29, 1.82) is 0 Å². The summed E-state index contributed by atoms with van der Waals surface area (Å²) in [5.74, 6) is 0.748. The Balaban J connectivity index is 3.00. The molecule has 0 aromatic carbocycles. The molecule has 0 atom stereocenters. The maximum Gasteiger partial charge on any atom is 0.0701 e. The van der Waals surface area contributed by atoms with E-state index in [4.69, 9.17) is 54.2 Å². The lowest BCUT2D eigenvalue weighted by atomic mass is 10.2. The quantitative estimate of drug-likeness (QED) is 0.0859. The predicted molar refractivity (Wildman–Crippen MR) is 140 cm³/mol. The molecule has 0 heterocycles. The molecule has 0 unspecified atom stereocenters. The van der Waals surface area contributed by atoms with Crippen LogP contribution in [0.2, 0.25) is 0 Å². The molecular formula is C24H48BrClO9. The average molecular weight is 596 g/mol. The van der Waals surface area contributed by atoms with Crippen LogP contribution in [-0.4, -0.2) is 130 Å². The van der Waals surface area contributed by atoms with Crippen LogP contribution < -0.4 is 0 Å². The summed E-state index contributed by atoms with van der Waals surface area (Å²) in [6.45, 7) is 10.4. The van der Waals surface area contributed by atoms with E-state index in [1.54, 1.807) is 0 Å². The molecule has 212 valence electrons. The van der Waals surface area contributed by atoms with Crippen molar-refractivity contribution in [1.82, 2.24) is 0 Å². The third kappa shape index (κ3) is 34.4. The first-order chi connectivity index (χ1) is 17.4. The lowest BCUT2D eigenvalue weighted by Gasteiger charge is -2.09. The molecule has 0 fully saturated rings. The maximum absolute atomic E-state index is 5.64. The van der Waals surface area contributed by atoms with Gasteiger partial charge in [-0.2, -0.15) is 0 Å². The Morgan fingerprint density at radius 1 is 0.314 bits per heavy atom. The fraction of sp³-hybridized carbons (Fsp3) is 1.00. The minimum absolute atomic E-state index is 0.534. The predicted octanol–water partition coefficient (Wildman–Crippen LogP) is 3.33. The highest BCUT2D eigenvalue weighted by Gasteiger charge is 1.96. The first kappa shape index (κ1) is 35.4. The Morgan fingerprint density at radius 3 is 0.857 bits per heavy atom. The van der Waals surface area contributed by atoms with Crippen LogP contribution in [0.1, 0.15) is 25.7 Å². The summed E-state index contributed by atoms with van der Waals surface area (Å²) >= 11 is 8.94. The molecule has 0 radical (unpaired) electrons. The molecule has 0 rings (SSSR count). The minimum Gasteiger partial charge on any atom is -0.379 e. The molecule has 11 heteroatoms. The molecule has 0 saturated heterocycles. The minimum atomic E-state index is 0.534. The number of unbranched alkanes of at least 4 members (excludes halogenated alkanes) is 3. The number of halogens is 2. The molecule has 9 nitrogen and oxygen atoms in total. The van der Waals surface area contributed by atoms with Gasteiger partial charge in [-0.1, -0.05) is 28.8 Å². The van der Waals surface area contributed by atoms with Crippen molar-refractivity contribution in [2.24, 2.45) is 0 Å². The van der Waals surface area contributed by atoms with Gasteiger partial charge in [0, 0.05) is 17.8 Å². The summed E-state index contributed by atoms with van der Waals surface area (Å²) in [5.41, 5.74) is 0. The van der Waals surface area contributed by atoms with Crippen LogP contribution in [0, 0.1) is 0 Å². The summed E-state index contributed by atoms with van der Waals surface area (Å²) in [6.07, 6.45) is 4.52. The van der Waals surface area contributed by atoms with Gasteiger partial charge in [0.1, 0.15) is 0 Å². The summed E-state index contributed by atoms with van der Waals surface area (Å²) in [6, 6.07) is 0. The molecule has 0 aliphatic heterocycles. The van der Waals surface area contributed by atoms with Gasteiger partial charge in [0.2, 0.25) is 0 Å². The summed E-state index contributed by atoms with van der Waals surface area (Å²) in [4.78, 5) is 0. The number of rotatable bonds is 32. The normalized spacial score (nSPS) is 11.5. The maximum atomic E-state index is 5.64. The fourth-order valence-corrected chi connectivity index (χ4v) is 2.99. The van der Waals surface area contributed by atoms with Crippen LogP contribution in [0.15, 0.2) is 0 Å². The molecule has 0 aliphatic carbocycles. The van der Waals surface area contributed by atoms with Crippen LogP contribution in [0.5, 0.6) is 0 Å². The zero-order valence-electron chi connectivity index (χ0n) is 21.4. The third-order valence-corrected chi connectivity index (χ3v) is 4.96. The molecule has 0 saturated carbocycles. The molecule has 0 amide bonds. The number of alkyl halides is 2. The number of hydrogen-bond acceptors (Lipinski definition) is 9. The van der Waals surface area contributed by atoms with E-state index in [0.29, 0.717) is 112 Å². The van der Waals surface area contributed by atoms with E-state index >= 15 is 0 Å². The van der Waals surface area contributed by atoms with Gasteiger partial charge in [-0.15, -0.1) is 11.6 Å². The molecule has 0 aliphatic rings. The van der Waals surface area contributed by atoms with Crippen LogP contribution >= 0.6 is 27.5 Å². The molecule has 0 spiro atoms. The van der Waals surface area contributed by atoms with Crippen LogP contribution in [-0.2, 0) is 42.6 Å². The first-order valence-corrected chi connectivity index (χ1v) is 14.4. The monoisotopic (exact) mass is 594 g/mol. The number of hydrogen-bond donors (Lipinski definition) is 0. The topological polar surface area (TPSA) is 83.1 Å². The van der Waals surface area contributed by atoms with E-state index in [2.05, 4.69) is 15.9 Å². The van der Waals surface area contributed by atoms with Crippen molar-refractivity contribution < 1.29 is 42.6 Å². The standard InChI is InChI=1S/C24H48BrClO9/c25-5-8-28-10-12-30-14-16-32-18-20-34-22-24-35-23-21-33-19-17-31-15-13-29-11-9-27-7-4-2-1-3-6-26/h1-24H2. The van der Waals surface area contributed by atoms with Gasteiger partial charge in [-0.25, -0.2) is 0 Å². The molecule has 0 N–H and O–H groups in total. The zero-order valence-corrected chi connectivity index (χ0v) is 23.7. The average Bonchev–Trinajstić information content (AvgIpc) is 2.87. The molecule has 0 bridgehead atoms. The largest absolute Gasteiger partial charge is 0.379 e. The van der Waals surface area contributed by atoms with Crippen molar-refractivity contribution in [3.8, 4) is 0 Å². The highest BCUT2D eigenvalue weighted by atomic mass is 79.9. The van der Waals surface area contributed by atoms with Gasteiger partial charge >= 0.3 is 0 Å². The summed E-state index contributed by atoms with van der Waals surface area (Å²) in [7, 11) is 0. The van der Waals surface area contributed by atoms with Gasteiger partial charge in [-0.05, 0) is 12.8 Å². The van der Waals surface area contributed by atoms with E-state index in [0.717, 1.165) is 30.7 Å².